The second kappa shape index (κ2) is 4.21. The van der Waals surface area contributed by atoms with Crippen molar-refractivity contribution in [1.82, 2.24) is 4.98 Å². The first-order chi connectivity index (χ1) is 7.22. The van der Waals surface area contributed by atoms with Crippen LogP contribution >= 0.6 is 23.2 Å². The molecule has 0 radical (unpaired) electrons. The summed E-state index contributed by atoms with van der Waals surface area (Å²) in [5.41, 5.74) is 1.27. The maximum absolute atomic E-state index is 12.9. The van der Waals surface area contributed by atoms with E-state index >= 15 is 0 Å². The van der Waals surface area contributed by atoms with Crippen LogP contribution in [0.4, 0.5) is 4.39 Å². The predicted octanol–water partition coefficient (Wildman–Crippen LogP) is 3.87. The van der Waals surface area contributed by atoms with Crippen LogP contribution in [-0.4, -0.2) is 4.98 Å². The molecule has 2 aromatic rings. The van der Waals surface area contributed by atoms with Crippen molar-refractivity contribution in [2.45, 2.75) is 5.88 Å². The molecule has 0 N–H and O–H groups in total. The minimum Gasteiger partial charge on any atom is -0.443 e. The Balaban J connectivity index is 2.50. The first kappa shape index (κ1) is 10.5. The van der Waals surface area contributed by atoms with Gasteiger partial charge in [-0.15, -0.1) is 11.6 Å². The third-order valence-corrected chi connectivity index (χ3v) is 2.49. The molecule has 78 valence electrons. The Hall–Kier alpha value is -1.06. The van der Waals surface area contributed by atoms with Crippen LogP contribution in [0.2, 0.25) is 5.02 Å². The molecule has 0 aliphatic carbocycles. The molecule has 15 heavy (non-hydrogen) atoms. The Morgan fingerprint density at radius 1 is 1.40 bits per heavy atom. The SMILES string of the molecule is Fc1ccc(-c2ocnc2CCl)cc1Cl. The van der Waals surface area contributed by atoms with Crippen LogP contribution < -0.4 is 0 Å². The summed E-state index contributed by atoms with van der Waals surface area (Å²) >= 11 is 11.3. The van der Waals surface area contributed by atoms with E-state index in [9.17, 15) is 4.39 Å². The fourth-order valence-corrected chi connectivity index (χ4v) is 1.61. The van der Waals surface area contributed by atoms with E-state index in [1.807, 2.05) is 0 Å². The van der Waals surface area contributed by atoms with Gasteiger partial charge in [-0.25, -0.2) is 9.37 Å². The highest BCUT2D eigenvalue weighted by Gasteiger charge is 2.11. The van der Waals surface area contributed by atoms with Crippen molar-refractivity contribution < 1.29 is 8.81 Å². The van der Waals surface area contributed by atoms with Gasteiger partial charge in [0.25, 0.3) is 0 Å². The van der Waals surface area contributed by atoms with Crippen molar-refractivity contribution in [3.05, 3.63) is 41.1 Å². The van der Waals surface area contributed by atoms with E-state index in [1.165, 1.54) is 18.5 Å². The molecule has 0 aliphatic rings. The summed E-state index contributed by atoms with van der Waals surface area (Å²) in [4.78, 5) is 3.93. The molecule has 0 bridgehead atoms. The molecule has 0 saturated carbocycles. The largest absolute Gasteiger partial charge is 0.443 e. The fraction of sp³-hybridized carbons (Fsp3) is 0.100. The molecule has 0 fully saturated rings. The van der Waals surface area contributed by atoms with Gasteiger partial charge in [0, 0.05) is 5.56 Å². The highest BCUT2D eigenvalue weighted by molar-refractivity contribution is 6.31. The third kappa shape index (κ3) is 1.98. The van der Waals surface area contributed by atoms with Crippen LogP contribution in [-0.2, 0) is 5.88 Å². The average Bonchev–Trinajstić information content (AvgIpc) is 2.70. The number of halogens is 3. The molecule has 0 spiro atoms. The molecule has 1 aromatic heterocycles. The minimum atomic E-state index is -0.465. The van der Waals surface area contributed by atoms with E-state index < -0.39 is 5.82 Å². The lowest BCUT2D eigenvalue weighted by Crippen LogP contribution is -1.84. The lowest BCUT2D eigenvalue weighted by atomic mass is 10.1. The van der Waals surface area contributed by atoms with E-state index in [0.717, 1.165) is 0 Å². The van der Waals surface area contributed by atoms with Crippen molar-refractivity contribution in [3.63, 3.8) is 0 Å². The van der Waals surface area contributed by atoms with Crippen LogP contribution in [0.15, 0.2) is 29.0 Å². The molecule has 1 aromatic carbocycles. The normalized spacial score (nSPS) is 10.6. The summed E-state index contributed by atoms with van der Waals surface area (Å²) in [6.07, 6.45) is 1.30. The molecule has 5 heteroatoms. The highest BCUT2D eigenvalue weighted by atomic mass is 35.5. The fourth-order valence-electron chi connectivity index (χ4n) is 1.24. The van der Waals surface area contributed by atoms with Gasteiger partial charge < -0.3 is 4.42 Å². The molecule has 0 aliphatic heterocycles. The Kier molecular flexibility index (Phi) is 2.93. The number of hydrogen-bond donors (Lipinski definition) is 0. The van der Waals surface area contributed by atoms with Gasteiger partial charge in [0.2, 0.25) is 0 Å². The van der Waals surface area contributed by atoms with Gasteiger partial charge in [0.15, 0.2) is 12.2 Å². The number of oxazole rings is 1. The zero-order valence-corrected chi connectivity index (χ0v) is 9.02. The van der Waals surface area contributed by atoms with Gasteiger partial charge in [0.1, 0.15) is 11.5 Å². The Morgan fingerprint density at radius 2 is 2.20 bits per heavy atom. The van der Waals surface area contributed by atoms with Crippen LogP contribution in [0.3, 0.4) is 0 Å². The summed E-state index contributed by atoms with van der Waals surface area (Å²) in [5.74, 6) is 0.292. The number of nitrogens with zero attached hydrogens (tertiary/aromatic N) is 1. The molecule has 0 unspecified atom stereocenters. The smallest absolute Gasteiger partial charge is 0.181 e. The van der Waals surface area contributed by atoms with Gasteiger partial charge in [-0.05, 0) is 18.2 Å². The minimum absolute atomic E-state index is 0.0458. The lowest BCUT2D eigenvalue weighted by molar-refractivity contribution is 0.571. The third-order valence-electron chi connectivity index (χ3n) is 1.95. The summed E-state index contributed by atoms with van der Waals surface area (Å²) in [5, 5.41) is 0.0458. The first-order valence-corrected chi connectivity index (χ1v) is 5.07. The van der Waals surface area contributed by atoms with Crippen molar-refractivity contribution in [1.29, 1.82) is 0 Å². The van der Waals surface area contributed by atoms with Gasteiger partial charge in [0.05, 0.1) is 10.9 Å². The molecule has 0 amide bonds. The lowest BCUT2D eigenvalue weighted by Gasteiger charge is -2.00. The first-order valence-electron chi connectivity index (χ1n) is 4.16. The van der Waals surface area contributed by atoms with Gasteiger partial charge in [-0.1, -0.05) is 11.6 Å². The van der Waals surface area contributed by atoms with Gasteiger partial charge in [-0.2, -0.15) is 0 Å². The highest BCUT2D eigenvalue weighted by Crippen LogP contribution is 2.27. The molecular weight excluding hydrogens is 240 g/mol. The van der Waals surface area contributed by atoms with Crippen LogP contribution in [0.5, 0.6) is 0 Å². The Labute approximate surface area is 95.6 Å². The van der Waals surface area contributed by atoms with E-state index in [-0.39, 0.29) is 10.9 Å². The standard InChI is InChI=1S/C10H6Cl2FNO/c11-4-9-10(15-5-14-9)6-1-2-8(13)7(12)3-6/h1-3,5H,4H2. The zero-order chi connectivity index (χ0) is 10.8. The summed E-state index contributed by atoms with van der Waals surface area (Å²) in [6.45, 7) is 0. The quantitative estimate of drug-likeness (QED) is 0.751. The van der Waals surface area contributed by atoms with Gasteiger partial charge in [-0.3, -0.25) is 0 Å². The predicted molar refractivity (Wildman–Crippen MR) is 56.5 cm³/mol. The monoisotopic (exact) mass is 245 g/mol. The average molecular weight is 246 g/mol. The van der Waals surface area contributed by atoms with E-state index in [4.69, 9.17) is 27.6 Å². The number of hydrogen-bond acceptors (Lipinski definition) is 2. The number of rotatable bonds is 2. The zero-order valence-electron chi connectivity index (χ0n) is 7.51. The second-order valence-corrected chi connectivity index (χ2v) is 3.57. The van der Waals surface area contributed by atoms with Crippen LogP contribution in [0.25, 0.3) is 11.3 Å². The van der Waals surface area contributed by atoms with Crippen LogP contribution in [0.1, 0.15) is 5.69 Å². The van der Waals surface area contributed by atoms with Gasteiger partial charge >= 0.3 is 0 Å². The molecule has 1 heterocycles. The summed E-state index contributed by atoms with van der Waals surface area (Å²) < 4.78 is 18.1. The maximum Gasteiger partial charge on any atom is 0.181 e. The number of aromatic nitrogens is 1. The molecular formula is C10H6Cl2FNO. The van der Waals surface area contributed by atoms with Crippen molar-refractivity contribution >= 4 is 23.2 Å². The number of benzene rings is 1. The Morgan fingerprint density at radius 3 is 2.87 bits per heavy atom. The van der Waals surface area contributed by atoms with E-state index in [1.54, 1.807) is 6.07 Å². The van der Waals surface area contributed by atoms with Crippen molar-refractivity contribution in [2.24, 2.45) is 0 Å². The summed E-state index contributed by atoms with van der Waals surface area (Å²) in [6, 6.07) is 4.32. The molecule has 0 saturated heterocycles. The van der Waals surface area contributed by atoms with Crippen molar-refractivity contribution in [2.75, 3.05) is 0 Å². The van der Waals surface area contributed by atoms with Crippen LogP contribution in [0, 0.1) is 5.82 Å². The Bertz CT molecular complexity index is 484. The molecule has 2 rings (SSSR count). The van der Waals surface area contributed by atoms with E-state index in [0.29, 0.717) is 17.0 Å². The summed E-state index contributed by atoms with van der Waals surface area (Å²) in [7, 11) is 0. The maximum atomic E-state index is 12.9. The molecule has 0 atom stereocenters. The number of alkyl halides is 1. The van der Waals surface area contributed by atoms with Crippen molar-refractivity contribution in [3.8, 4) is 11.3 Å². The molecule has 2 nitrogen and oxygen atoms in total. The second-order valence-electron chi connectivity index (χ2n) is 2.89. The van der Waals surface area contributed by atoms with E-state index in [2.05, 4.69) is 4.98 Å². The topological polar surface area (TPSA) is 26.0 Å².